The van der Waals surface area contributed by atoms with Gasteiger partial charge in [0.2, 0.25) is 11.8 Å². The first kappa shape index (κ1) is 27.4. The minimum atomic E-state index is -4.26. The number of rotatable bonds is 10. The average molecular weight is 537 g/mol. The van der Waals surface area contributed by atoms with Crippen molar-refractivity contribution in [3.05, 3.63) is 101 Å². The summed E-state index contributed by atoms with van der Waals surface area (Å²) in [7, 11) is -4.26. The fourth-order valence-electron chi connectivity index (χ4n) is 4.81. The first-order valence-electron chi connectivity index (χ1n) is 12.4. The van der Waals surface area contributed by atoms with E-state index in [4.69, 9.17) is 10.9 Å². The summed E-state index contributed by atoms with van der Waals surface area (Å²) in [6, 6.07) is 20.0. The van der Waals surface area contributed by atoms with Crippen molar-refractivity contribution in [2.45, 2.75) is 43.9 Å². The Morgan fingerprint density at radius 3 is 2.16 bits per heavy atom. The van der Waals surface area contributed by atoms with Crippen molar-refractivity contribution in [2.75, 3.05) is 6.54 Å². The largest absolute Gasteiger partial charge is 0.350 e. The van der Waals surface area contributed by atoms with E-state index in [-0.39, 0.29) is 12.5 Å². The maximum atomic E-state index is 14.0. The lowest BCUT2D eigenvalue weighted by Crippen LogP contribution is -2.56. The van der Waals surface area contributed by atoms with Gasteiger partial charge in [0.15, 0.2) is 0 Å². The SMILES string of the molecule is NCc1ccc(CNC(=O)C2CCCN2C(=O)C(NS(N)(=O)=O)C(c2ccccc2)c2ccccc2)cn1. The number of carbonyl (C=O) groups is 2. The summed E-state index contributed by atoms with van der Waals surface area (Å²) in [5, 5.41) is 8.27. The Kier molecular flexibility index (Phi) is 8.85. The Morgan fingerprint density at radius 2 is 1.63 bits per heavy atom. The van der Waals surface area contributed by atoms with Gasteiger partial charge in [0.1, 0.15) is 12.1 Å². The second kappa shape index (κ2) is 12.3. The molecule has 3 aromatic rings. The number of aromatic nitrogens is 1. The Morgan fingerprint density at radius 1 is 1.00 bits per heavy atom. The number of hydrogen-bond acceptors (Lipinski definition) is 6. The minimum absolute atomic E-state index is 0.241. The molecular weight excluding hydrogens is 504 g/mol. The Hall–Kier alpha value is -3.64. The highest BCUT2D eigenvalue weighted by Gasteiger charge is 2.41. The number of pyridine rings is 1. The molecule has 200 valence electrons. The fourth-order valence-corrected chi connectivity index (χ4v) is 5.40. The maximum absolute atomic E-state index is 14.0. The highest BCUT2D eigenvalue weighted by atomic mass is 32.2. The molecule has 2 unspecified atom stereocenters. The standard InChI is InChI=1S/C27H32N6O4S/c28-16-22-14-13-19(17-30-22)18-31-26(34)23-12-7-15-33(23)27(35)25(32-38(29,36)37)24(20-8-3-1-4-9-20)21-10-5-2-6-11-21/h1-6,8-11,13-14,17,23-25,32H,7,12,15-16,18,28H2,(H,31,34)(H2,29,36,37). The molecule has 1 aromatic heterocycles. The molecule has 0 spiro atoms. The van der Waals surface area contributed by atoms with E-state index in [0.717, 1.165) is 22.4 Å². The number of nitrogens with one attached hydrogen (secondary N) is 2. The number of nitrogens with zero attached hydrogens (tertiary/aromatic N) is 2. The summed E-state index contributed by atoms with van der Waals surface area (Å²) in [6.07, 6.45) is 2.72. The molecule has 10 nitrogen and oxygen atoms in total. The third kappa shape index (κ3) is 6.81. The van der Waals surface area contributed by atoms with E-state index >= 15 is 0 Å². The number of carbonyl (C=O) groups excluding carboxylic acids is 2. The highest BCUT2D eigenvalue weighted by Crippen LogP contribution is 2.31. The van der Waals surface area contributed by atoms with E-state index in [1.165, 1.54) is 4.90 Å². The van der Waals surface area contributed by atoms with Gasteiger partial charge in [-0.05, 0) is 35.6 Å². The smallest absolute Gasteiger partial charge is 0.275 e. The third-order valence-corrected chi connectivity index (χ3v) is 7.19. The van der Waals surface area contributed by atoms with Crippen molar-refractivity contribution in [3.63, 3.8) is 0 Å². The van der Waals surface area contributed by atoms with Crippen LogP contribution < -0.4 is 20.9 Å². The second-order valence-corrected chi connectivity index (χ2v) is 10.5. The van der Waals surface area contributed by atoms with E-state index in [0.29, 0.717) is 25.9 Å². The molecule has 2 amide bonds. The fraction of sp³-hybridized carbons (Fsp3) is 0.296. The zero-order valence-electron chi connectivity index (χ0n) is 20.9. The van der Waals surface area contributed by atoms with Gasteiger partial charge < -0.3 is 16.0 Å². The van der Waals surface area contributed by atoms with Gasteiger partial charge in [-0.15, -0.1) is 0 Å². The van der Waals surface area contributed by atoms with Crippen molar-refractivity contribution in [1.29, 1.82) is 0 Å². The van der Waals surface area contributed by atoms with Crippen LogP contribution in [0.3, 0.4) is 0 Å². The molecule has 1 saturated heterocycles. The van der Waals surface area contributed by atoms with Crippen molar-refractivity contribution in [2.24, 2.45) is 10.9 Å². The molecule has 0 saturated carbocycles. The minimum Gasteiger partial charge on any atom is -0.350 e. The van der Waals surface area contributed by atoms with Gasteiger partial charge in [-0.25, -0.2) is 5.14 Å². The van der Waals surface area contributed by atoms with Crippen LogP contribution in [0, 0.1) is 0 Å². The summed E-state index contributed by atoms with van der Waals surface area (Å²) in [6.45, 7) is 0.889. The monoisotopic (exact) mass is 536 g/mol. The van der Waals surface area contributed by atoms with Crippen LogP contribution in [0.2, 0.25) is 0 Å². The summed E-state index contributed by atoms with van der Waals surface area (Å²) in [4.78, 5) is 32.9. The molecule has 4 rings (SSSR count). The van der Waals surface area contributed by atoms with E-state index < -0.39 is 34.1 Å². The highest BCUT2D eigenvalue weighted by molar-refractivity contribution is 7.87. The molecule has 1 aliphatic rings. The van der Waals surface area contributed by atoms with E-state index in [1.807, 2.05) is 66.7 Å². The third-order valence-electron chi connectivity index (χ3n) is 6.61. The zero-order chi connectivity index (χ0) is 27.1. The van der Waals surface area contributed by atoms with Crippen LogP contribution in [-0.2, 0) is 32.9 Å². The van der Waals surface area contributed by atoms with Crippen molar-refractivity contribution in [3.8, 4) is 0 Å². The van der Waals surface area contributed by atoms with E-state index in [2.05, 4.69) is 15.0 Å². The van der Waals surface area contributed by atoms with Crippen molar-refractivity contribution >= 4 is 22.0 Å². The van der Waals surface area contributed by atoms with Crippen LogP contribution >= 0.6 is 0 Å². The predicted molar refractivity (Wildman–Crippen MR) is 143 cm³/mol. The van der Waals surface area contributed by atoms with Crippen LogP contribution in [0.15, 0.2) is 79.0 Å². The second-order valence-electron chi connectivity index (χ2n) is 9.21. The molecular formula is C27H32N6O4S. The summed E-state index contributed by atoms with van der Waals surface area (Å²) in [5.41, 5.74) is 8.60. The van der Waals surface area contributed by atoms with Gasteiger partial charge in [-0.3, -0.25) is 14.6 Å². The first-order valence-corrected chi connectivity index (χ1v) is 13.9. The first-order chi connectivity index (χ1) is 18.3. The van der Waals surface area contributed by atoms with Crippen molar-refractivity contribution < 1.29 is 18.0 Å². The number of hydrogen-bond donors (Lipinski definition) is 4. The summed E-state index contributed by atoms with van der Waals surface area (Å²) in [5.74, 6) is -1.49. The lowest BCUT2D eigenvalue weighted by atomic mass is 9.84. The topological polar surface area (TPSA) is 161 Å². The van der Waals surface area contributed by atoms with Gasteiger partial charge in [0.25, 0.3) is 10.2 Å². The van der Waals surface area contributed by atoms with E-state index in [9.17, 15) is 18.0 Å². The molecule has 1 aliphatic heterocycles. The molecule has 2 aromatic carbocycles. The molecule has 38 heavy (non-hydrogen) atoms. The Balaban J connectivity index is 1.60. The Bertz CT molecular complexity index is 1300. The van der Waals surface area contributed by atoms with Crippen LogP contribution in [0.4, 0.5) is 0 Å². The van der Waals surface area contributed by atoms with Crippen LogP contribution in [0.1, 0.15) is 41.1 Å². The predicted octanol–water partition coefficient (Wildman–Crippen LogP) is 1.14. The van der Waals surface area contributed by atoms with Gasteiger partial charge in [-0.1, -0.05) is 66.7 Å². The van der Waals surface area contributed by atoms with Crippen molar-refractivity contribution in [1.82, 2.24) is 19.9 Å². The zero-order valence-corrected chi connectivity index (χ0v) is 21.7. The van der Waals surface area contributed by atoms with Gasteiger partial charge in [0.05, 0.1) is 5.69 Å². The van der Waals surface area contributed by atoms with Gasteiger partial charge in [0, 0.05) is 31.7 Å². The van der Waals surface area contributed by atoms with Crippen LogP contribution in [-0.4, -0.2) is 48.7 Å². The summed E-state index contributed by atoms with van der Waals surface area (Å²) >= 11 is 0. The number of amides is 2. The molecule has 0 aliphatic carbocycles. The van der Waals surface area contributed by atoms with E-state index in [1.54, 1.807) is 12.3 Å². The molecule has 0 radical (unpaired) electrons. The lowest BCUT2D eigenvalue weighted by Gasteiger charge is -2.33. The number of nitrogens with two attached hydrogens (primary N) is 2. The number of benzene rings is 2. The van der Waals surface area contributed by atoms with Gasteiger partial charge >= 0.3 is 0 Å². The molecule has 2 heterocycles. The maximum Gasteiger partial charge on any atom is 0.275 e. The average Bonchev–Trinajstić information content (AvgIpc) is 3.42. The van der Waals surface area contributed by atoms with Crippen LogP contribution in [0.5, 0.6) is 0 Å². The lowest BCUT2D eigenvalue weighted by molar-refractivity contribution is -0.140. The normalized spacial score (nSPS) is 16.4. The molecule has 11 heteroatoms. The summed E-state index contributed by atoms with van der Waals surface area (Å²) < 4.78 is 26.9. The number of likely N-dealkylation sites (tertiary alicyclic amines) is 1. The van der Waals surface area contributed by atoms with Gasteiger partial charge in [-0.2, -0.15) is 13.1 Å². The molecule has 0 bridgehead atoms. The Labute approximate surface area is 222 Å². The molecule has 6 N–H and O–H groups in total. The quantitative estimate of drug-likeness (QED) is 0.304. The van der Waals surface area contributed by atoms with Crippen LogP contribution in [0.25, 0.3) is 0 Å². The molecule has 2 atom stereocenters. The molecule has 1 fully saturated rings.